The van der Waals surface area contributed by atoms with Crippen LogP contribution in [0.3, 0.4) is 0 Å². The summed E-state index contributed by atoms with van der Waals surface area (Å²) in [5.41, 5.74) is 5.64. The molecule has 7 nitrogen and oxygen atoms in total. The number of rotatable bonds is 5. The number of nitrogens with one attached hydrogen (secondary N) is 2. The summed E-state index contributed by atoms with van der Waals surface area (Å²) >= 11 is 0. The first-order valence-corrected chi connectivity index (χ1v) is 7.87. The summed E-state index contributed by atoms with van der Waals surface area (Å²) in [6.07, 6.45) is -0.932. The number of hydrogen-bond acceptors (Lipinski definition) is 5. The predicted molar refractivity (Wildman–Crippen MR) is 90.5 cm³/mol. The highest BCUT2D eigenvalue weighted by Crippen LogP contribution is 2.18. The Balaban J connectivity index is 1.50. The number of hydrogen-bond donors (Lipinski definition) is 2. The van der Waals surface area contributed by atoms with E-state index in [0.29, 0.717) is 17.0 Å². The minimum absolute atomic E-state index is 0.0511. The molecule has 0 bridgehead atoms. The molecule has 134 valence electrons. The van der Waals surface area contributed by atoms with E-state index < -0.39 is 23.7 Å². The van der Waals surface area contributed by atoms with Gasteiger partial charge in [0.2, 0.25) is 5.91 Å². The predicted octanol–water partition coefficient (Wildman–Crippen LogP) is 2.12. The third-order valence-corrected chi connectivity index (χ3v) is 3.60. The molecule has 0 saturated carbocycles. The van der Waals surface area contributed by atoms with Gasteiger partial charge in [0.25, 0.3) is 5.91 Å². The normalized spacial score (nSPS) is 11.8. The van der Waals surface area contributed by atoms with Crippen LogP contribution in [0.5, 0.6) is 5.75 Å². The summed E-state index contributed by atoms with van der Waals surface area (Å²) in [6, 6.07) is 12.4. The van der Waals surface area contributed by atoms with Crippen LogP contribution in [0.25, 0.3) is 11.0 Å². The van der Waals surface area contributed by atoms with Gasteiger partial charge in [-0.15, -0.1) is 0 Å². The van der Waals surface area contributed by atoms with Crippen molar-refractivity contribution >= 4 is 22.8 Å². The van der Waals surface area contributed by atoms with E-state index in [0.717, 1.165) is 5.39 Å². The Morgan fingerprint density at radius 1 is 1.15 bits per heavy atom. The number of hydrazine groups is 1. The highest BCUT2D eigenvalue weighted by Gasteiger charge is 2.17. The monoisotopic (exact) mass is 357 g/mol. The molecule has 0 aliphatic rings. The fourth-order valence-corrected chi connectivity index (χ4v) is 2.27. The number of benzene rings is 2. The highest BCUT2D eigenvalue weighted by molar-refractivity contribution is 5.88. The number of fused-ring (bicyclic) bond motifs is 1. The molecule has 0 fully saturated rings. The lowest BCUT2D eigenvalue weighted by Crippen LogP contribution is -2.47. The van der Waals surface area contributed by atoms with E-state index in [2.05, 4.69) is 16.0 Å². The number of carbonyl (C=O) groups excluding carboxylic acids is 2. The lowest BCUT2D eigenvalue weighted by Gasteiger charge is -2.15. The molecule has 8 heteroatoms. The van der Waals surface area contributed by atoms with Crippen molar-refractivity contribution < 1.29 is 23.2 Å². The number of aromatic nitrogens is 1. The van der Waals surface area contributed by atoms with Gasteiger partial charge in [-0.25, -0.2) is 4.39 Å². The number of carbonyl (C=O) groups is 2. The molecule has 2 aromatic carbocycles. The lowest BCUT2D eigenvalue weighted by atomic mass is 10.2. The van der Waals surface area contributed by atoms with Gasteiger partial charge in [-0.3, -0.25) is 20.4 Å². The lowest BCUT2D eigenvalue weighted by molar-refractivity contribution is -0.132. The van der Waals surface area contributed by atoms with Crippen molar-refractivity contribution in [3.63, 3.8) is 0 Å². The quantitative estimate of drug-likeness (QED) is 0.682. The van der Waals surface area contributed by atoms with Gasteiger partial charge < -0.3 is 9.26 Å². The van der Waals surface area contributed by atoms with Crippen LogP contribution in [0, 0.1) is 5.82 Å². The van der Waals surface area contributed by atoms with Crippen LogP contribution in [-0.2, 0) is 16.0 Å². The van der Waals surface area contributed by atoms with Gasteiger partial charge in [0.15, 0.2) is 11.7 Å². The molecule has 26 heavy (non-hydrogen) atoms. The molecule has 3 rings (SSSR count). The van der Waals surface area contributed by atoms with Gasteiger partial charge in [-0.05, 0) is 43.3 Å². The van der Waals surface area contributed by atoms with E-state index in [1.807, 2.05) is 6.07 Å². The summed E-state index contributed by atoms with van der Waals surface area (Å²) in [6.45, 7) is 1.51. The molecule has 2 amide bonds. The summed E-state index contributed by atoms with van der Waals surface area (Å²) in [5, 5.41) is 4.59. The van der Waals surface area contributed by atoms with Gasteiger partial charge in [-0.1, -0.05) is 17.3 Å². The maximum atomic E-state index is 12.9. The van der Waals surface area contributed by atoms with Crippen LogP contribution in [0.15, 0.2) is 53.1 Å². The molecule has 2 N–H and O–H groups in total. The number of para-hydroxylation sites is 1. The zero-order valence-corrected chi connectivity index (χ0v) is 13.9. The summed E-state index contributed by atoms with van der Waals surface area (Å²) in [7, 11) is 0. The second-order valence-electron chi connectivity index (χ2n) is 5.55. The molecular weight excluding hydrogens is 341 g/mol. The van der Waals surface area contributed by atoms with Crippen LogP contribution < -0.4 is 15.6 Å². The molecule has 0 aliphatic heterocycles. The molecule has 1 aromatic heterocycles. The van der Waals surface area contributed by atoms with Crippen LogP contribution in [-0.4, -0.2) is 23.1 Å². The van der Waals surface area contributed by atoms with Crippen LogP contribution >= 0.6 is 0 Å². The van der Waals surface area contributed by atoms with E-state index in [1.165, 1.54) is 31.2 Å². The molecular formula is C18H16FN3O4. The second kappa shape index (κ2) is 7.64. The minimum Gasteiger partial charge on any atom is -0.481 e. The Hall–Kier alpha value is -3.42. The fourth-order valence-electron chi connectivity index (χ4n) is 2.27. The summed E-state index contributed by atoms with van der Waals surface area (Å²) < 4.78 is 23.3. The van der Waals surface area contributed by atoms with E-state index in [4.69, 9.17) is 9.26 Å². The second-order valence-corrected chi connectivity index (χ2v) is 5.55. The number of nitrogens with zero attached hydrogens (tertiary/aromatic N) is 1. The average Bonchev–Trinajstić information content (AvgIpc) is 3.04. The van der Waals surface area contributed by atoms with Crippen molar-refractivity contribution in [2.45, 2.75) is 19.4 Å². The first-order valence-electron chi connectivity index (χ1n) is 7.87. The summed E-state index contributed by atoms with van der Waals surface area (Å²) in [4.78, 5) is 24.0. The Kier molecular flexibility index (Phi) is 5.12. The zero-order valence-electron chi connectivity index (χ0n) is 13.9. The van der Waals surface area contributed by atoms with Crippen molar-refractivity contribution in [2.24, 2.45) is 0 Å². The number of halogens is 1. The van der Waals surface area contributed by atoms with Gasteiger partial charge in [-0.2, -0.15) is 0 Å². The Bertz CT molecular complexity index is 924. The molecule has 0 radical (unpaired) electrons. The van der Waals surface area contributed by atoms with Crippen LogP contribution in [0.1, 0.15) is 12.6 Å². The van der Waals surface area contributed by atoms with Crippen LogP contribution in [0.4, 0.5) is 4.39 Å². The zero-order chi connectivity index (χ0) is 18.5. The van der Waals surface area contributed by atoms with Gasteiger partial charge in [0.1, 0.15) is 17.3 Å². The van der Waals surface area contributed by atoms with E-state index in [-0.39, 0.29) is 6.42 Å². The van der Waals surface area contributed by atoms with Crippen molar-refractivity contribution in [3.8, 4) is 5.75 Å². The Morgan fingerprint density at radius 2 is 1.88 bits per heavy atom. The molecule has 3 aromatic rings. The Labute approximate surface area is 148 Å². The fraction of sp³-hybridized carbons (Fsp3) is 0.167. The first-order chi connectivity index (χ1) is 12.5. The molecule has 1 heterocycles. The smallest absolute Gasteiger partial charge is 0.279 e. The molecule has 1 atom stereocenters. The van der Waals surface area contributed by atoms with Crippen molar-refractivity contribution in [1.82, 2.24) is 16.0 Å². The largest absolute Gasteiger partial charge is 0.481 e. The molecule has 0 aliphatic carbocycles. The standard InChI is InChI=1S/C18H16FN3O4/c1-11(25-13-8-6-12(19)7-9-13)18(24)21-20-17(23)10-15-14-4-2-3-5-16(14)26-22-15/h2-9,11H,10H2,1H3,(H,20,23)(H,21,24)/t11-/m1/s1. The minimum atomic E-state index is -0.881. The highest BCUT2D eigenvalue weighted by atomic mass is 19.1. The van der Waals surface area contributed by atoms with Crippen molar-refractivity contribution in [2.75, 3.05) is 0 Å². The van der Waals surface area contributed by atoms with Gasteiger partial charge in [0, 0.05) is 5.39 Å². The third-order valence-electron chi connectivity index (χ3n) is 3.60. The maximum Gasteiger partial charge on any atom is 0.279 e. The van der Waals surface area contributed by atoms with Gasteiger partial charge >= 0.3 is 0 Å². The summed E-state index contributed by atoms with van der Waals surface area (Å²) in [5.74, 6) is -1.06. The van der Waals surface area contributed by atoms with Crippen molar-refractivity contribution in [1.29, 1.82) is 0 Å². The molecule has 0 unspecified atom stereocenters. The van der Waals surface area contributed by atoms with E-state index in [9.17, 15) is 14.0 Å². The topological polar surface area (TPSA) is 93.5 Å². The number of ether oxygens (including phenoxy) is 1. The SMILES string of the molecule is C[C@@H](Oc1ccc(F)cc1)C(=O)NNC(=O)Cc1noc2ccccc12. The van der Waals surface area contributed by atoms with E-state index >= 15 is 0 Å². The van der Waals surface area contributed by atoms with Crippen LogP contribution in [0.2, 0.25) is 0 Å². The molecule has 0 saturated heterocycles. The maximum absolute atomic E-state index is 12.9. The Morgan fingerprint density at radius 3 is 2.65 bits per heavy atom. The van der Waals surface area contributed by atoms with Gasteiger partial charge in [0.05, 0.1) is 6.42 Å². The van der Waals surface area contributed by atoms with E-state index in [1.54, 1.807) is 18.2 Å². The average molecular weight is 357 g/mol. The third kappa shape index (κ3) is 4.15. The number of amides is 2. The molecule has 0 spiro atoms. The van der Waals surface area contributed by atoms with Crippen molar-refractivity contribution in [3.05, 3.63) is 60.0 Å². The first kappa shape index (κ1) is 17.4.